The molecule has 2 atom stereocenters. The molecule has 0 aromatic heterocycles. The minimum Gasteiger partial charge on any atom is -0.468 e. The molecule has 0 fully saturated rings. The Kier molecular flexibility index (Phi) is 7.33. The molecule has 6 heteroatoms. The molecule has 0 heterocycles. The molecule has 0 saturated carbocycles. The lowest BCUT2D eigenvalue weighted by Crippen LogP contribution is -2.45. The summed E-state index contributed by atoms with van der Waals surface area (Å²) in [5, 5.41) is 5.60. The summed E-state index contributed by atoms with van der Waals surface area (Å²) in [6.07, 6.45) is 0. The molecule has 15 heavy (non-hydrogen) atoms. The molecule has 0 radical (unpaired) electrons. The van der Waals surface area contributed by atoms with Crippen molar-refractivity contribution in [3.05, 3.63) is 0 Å². The van der Waals surface area contributed by atoms with Crippen LogP contribution in [-0.2, 0) is 14.3 Å². The van der Waals surface area contributed by atoms with E-state index >= 15 is 0 Å². The maximum absolute atomic E-state index is 11.3. The lowest BCUT2D eigenvalue weighted by Gasteiger charge is -2.14. The minimum absolute atomic E-state index is 0.0814. The fourth-order valence-corrected chi connectivity index (χ4v) is 1.29. The van der Waals surface area contributed by atoms with Crippen LogP contribution in [0, 0.1) is 0 Å². The zero-order valence-corrected chi connectivity index (χ0v) is 10.8. The minimum atomic E-state index is -0.431. The van der Waals surface area contributed by atoms with Crippen LogP contribution in [0.1, 0.15) is 13.8 Å². The highest BCUT2D eigenvalue weighted by Gasteiger charge is 2.18. The van der Waals surface area contributed by atoms with Gasteiger partial charge in [0.05, 0.1) is 13.2 Å². The molecule has 2 N–H and O–H groups in total. The second kappa shape index (κ2) is 7.64. The van der Waals surface area contributed by atoms with E-state index in [1.807, 2.05) is 6.92 Å². The van der Waals surface area contributed by atoms with E-state index in [2.05, 4.69) is 31.3 Å². The van der Waals surface area contributed by atoms with Crippen molar-refractivity contribution >= 4 is 27.8 Å². The molecule has 2 unspecified atom stereocenters. The van der Waals surface area contributed by atoms with Gasteiger partial charge in [0.2, 0.25) is 5.91 Å². The first kappa shape index (κ1) is 14.4. The van der Waals surface area contributed by atoms with Crippen molar-refractivity contribution in [3.63, 3.8) is 0 Å². The van der Waals surface area contributed by atoms with Crippen LogP contribution in [0.3, 0.4) is 0 Å². The molecule has 0 aliphatic carbocycles. The Morgan fingerprint density at radius 2 is 2.07 bits per heavy atom. The van der Waals surface area contributed by atoms with E-state index in [-0.39, 0.29) is 17.9 Å². The summed E-state index contributed by atoms with van der Waals surface area (Å²) in [5.74, 6) is -0.437. The zero-order valence-electron chi connectivity index (χ0n) is 9.17. The maximum atomic E-state index is 11.3. The molecule has 88 valence electrons. The first-order valence-electron chi connectivity index (χ1n) is 4.75. The highest BCUT2D eigenvalue weighted by Crippen LogP contribution is 2.00. The average Bonchev–Trinajstić information content (AvgIpc) is 2.24. The van der Waals surface area contributed by atoms with E-state index in [1.165, 1.54) is 7.11 Å². The topological polar surface area (TPSA) is 67.4 Å². The van der Waals surface area contributed by atoms with E-state index in [9.17, 15) is 9.59 Å². The monoisotopic (exact) mass is 280 g/mol. The molecule has 0 aliphatic rings. The molecule has 0 saturated heterocycles. The van der Waals surface area contributed by atoms with Crippen LogP contribution in [0.15, 0.2) is 0 Å². The first-order chi connectivity index (χ1) is 7.02. The number of methoxy groups -OCH3 is 1. The first-order valence-corrected chi connectivity index (χ1v) is 5.67. The molecule has 1 amide bonds. The highest BCUT2D eigenvalue weighted by atomic mass is 79.9. The van der Waals surface area contributed by atoms with Crippen molar-refractivity contribution < 1.29 is 14.3 Å². The van der Waals surface area contributed by atoms with Crippen LogP contribution in [0.4, 0.5) is 0 Å². The van der Waals surface area contributed by atoms with Crippen LogP contribution in [-0.4, -0.2) is 42.9 Å². The van der Waals surface area contributed by atoms with Crippen LogP contribution in [0.2, 0.25) is 0 Å². The van der Waals surface area contributed by atoms with Crippen molar-refractivity contribution in [2.45, 2.75) is 24.7 Å². The number of rotatable bonds is 6. The van der Waals surface area contributed by atoms with Crippen LogP contribution in [0.25, 0.3) is 0 Å². The quantitative estimate of drug-likeness (QED) is 0.533. The summed E-state index contributed by atoms with van der Waals surface area (Å²) in [6.45, 7) is 4.54. The Bertz CT molecular complexity index is 223. The fourth-order valence-electron chi connectivity index (χ4n) is 0.911. The van der Waals surface area contributed by atoms with Gasteiger partial charge >= 0.3 is 5.97 Å². The second-order valence-corrected chi connectivity index (χ2v) is 4.12. The lowest BCUT2D eigenvalue weighted by atomic mass is 10.3. The van der Waals surface area contributed by atoms with Crippen molar-refractivity contribution in [1.29, 1.82) is 0 Å². The molecule has 0 aromatic rings. The SMILES string of the molecule is CCNC(=O)C(C)NCC(Br)C(=O)OC. The number of carbonyl (C=O) groups excluding carboxylic acids is 2. The number of carbonyl (C=O) groups is 2. The van der Waals surface area contributed by atoms with Gasteiger partial charge in [-0.2, -0.15) is 0 Å². The smallest absolute Gasteiger partial charge is 0.320 e. The zero-order chi connectivity index (χ0) is 11.8. The Hall–Kier alpha value is -0.620. The van der Waals surface area contributed by atoms with Crippen molar-refractivity contribution in [2.24, 2.45) is 0 Å². The summed E-state index contributed by atoms with van der Waals surface area (Å²) in [4.78, 5) is 21.9. The van der Waals surface area contributed by atoms with Gasteiger partial charge in [-0.05, 0) is 13.8 Å². The van der Waals surface area contributed by atoms with Crippen molar-refractivity contribution in [1.82, 2.24) is 10.6 Å². The molecule has 0 bridgehead atoms. The number of nitrogens with one attached hydrogen (secondary N) is 2. The van der Waals surface area contributed by atoms with Crippen LogP contribution in [0.5, 0.6) is 0 Å². The Balaban J connectivity index is 3.84. The number of hydrogen-bond donors (Lipinski definition) is 2. The number of amides is 1. The number of alkyl halides is 1. The van der Waals surface area contributed by atoms with E-state index < -0.39 is 4.83 Å². The summed E-state index contributed by atoms with van der Waals surface area (Å²) in [6, 6.07) is -0.324. The van der Waals surface area contributed by atoms with E-state index in [0.29, 0.717) is 13.1 Å². The van der Waals surface area contributed by atoms with Gasteiger partial charge in [0, 0.05) is 13.1 Å². The summed E-state index contributed by atoms with van der Waals surface area (Å²) >= 11 is 3.15. The third kappa shape index (κ3) is 5.74. The molecule has 5 nitrogen and oxygen atoms in total. The third-order valence-corrected chi connectivity index (χ3v) is 2.50. The van der Waals surface area contributed by atoms with Crippen LogP contribution < -0.4 is 10.6 Å². The lowest BCUT2D eigenvalue weighted by molar-refractivity contribution is -0.139. The Labute approximate surface area is 98.1 Å². The number of likely N-dealkylation sites (N-methyl/N-ethyl adjacent to an activating group) is 1. The summed E-state index contributed by atoms with van der Waals surface area (Å²) in [5.41, 5.74) is 0. The predicted molar refractivity (Wildman–Crippen MR) is 60.9 cm³/mol. The van der Waals surface area contributed by atoms with Gasteiger partial charge in [-0.25, -0.2) is 0 Å². The van der Waals surface area contributed by atoms with Gasteiger partial charge in [-0.3, -0.25) is 9.59 Å². The van der Waals surface area contributed by atoms with Gasteiger partial charge in [0.1, 0.15) is 4.83 Å². The number of esters is 1. The predicted octanol–water partition coefficient (Wildman–Crippen LogP) is 0.0371. The normalized spacial score (nSPS) is 14.1. The number of ether oxygens (including phenoxy) is 1. The molecule has 0 spiro atoms. The second-order valence-electron chi connectivity index (χ2n) is 3.02. The molecular weight excluding hydrogens is 264 g/mol. The van der Waals surface area contributed by atoms with E-state index in [0.717, 1.165) is 0 Å². The van der Waals surface area contributed by atoms with Gasteiger partial charge in [0.25, 0.3) is 0 Å². The number of hydrogen-bond acceptors (Lipinski definition) is 4. The molecular formula is C9H17BrN2O3. The Morgan fingerprint density at radius 3 is 2.53 bits per heavy atom. The standard InChI is InChI=1S/C9H17BrN2O3/c1-4-11-8(13)6(2)12-5-7(10)9(14)15-3/h6-7,12H,4-5H2,1-3H3,(H,11,13). The largest absolute Gasteiger partial charge is 0.468 e. The highest BCUT2D eigenvalue weighted by molar-refractivity contribution is 9.10. The van der Waals surface area contributed by atoms with Gasteiger partial charge in [-0.15, -0.1) is 0 Å². The average molecular weight is 281 g/mol. The van der Waals surface area contributed by atoms with Gasteiger partial charge in [0.15, 0.2) is 0 Å². The maximum Gasteiger partial charge on any atom is 0.320 e. The van der Waals surface area contributed by atoms with E-state index in [4.69, 9.17) is 0 Å². The van der Waals surface area contributed by atoms with Gasteiger partial charge in [-0.1, -0.05) is 15.9 Å². The summed E-state index contributed by atoms with van der Waals surface area (Å²) < 4.78 is 4.53. The third-order valence-electron chi connectivity index (χ3n) is 1.80. The van der Waals surface area contributed by atoms with Crippen molar-refractivity contribution in [2.75, 3.05) is 20.2 Å². The molecule has 0 aromatic carbocycles. The Morgan fingerprint density at radius 1 is 1.47 bits per heavy atom. The molecule has 0 rings (SSSR count). The van der Waals surface area contributed by atoms with Gasteiger partial charge < -0.3 is 15.4 Å². The molecule has 0 aliphatic heterocycles. The number of halogens is 1. The van der Waals surface area contributed by atoms with E-state index in [1.54, 1.807) is 6.92 Å². The fraction of sp³-hybridized carbons (Fsp3) is 0.778. The van der Waals surface area contributed by atoms with Crippen molar-refractivity contribution in [3.8, 4) is 0 Å². The van der Waals surface area contributed by atoms with Crippen LogP contribution >= 0.6 is 15.9 Å². The summed E-state index contributed by atoms with van der Waals surface area (Å²) in [7, 11) is 1.32.